The summed E-state index contributed by atoms with van der Waals surface area (Å²) in [5, 5.41) is 0. The highest BCUT2D eigenvalue weighted by molar-refractivity contribution is 6.09. The number of carbonyl (C=O) groups is 2. The summed E-state index contributed by atoms with van der Waals surface area (Å²) in [6.45, 7) is 0. The summed E-state index contributed by atoms with van der Waals surface area (Å²) < 4.78 is 0. The number of nitrogens with two attached hydrogens (primary N) is 2. The summed E-state index contributed by atoms with van der Waals surface area (Å²) in [5.41, 5.74) is 8.55. The van der Waals surface area contributed by atoms with Crippen molar-refractivity contribution < 1.29 is 9.59 Å². The second-order valence-corrected chi connectivity index (χ2v) is 4.80. The molecule has 106 valence electrons. The van der Waals surface area contributed by atoms with E-state index in [2.05, 4.69) is 10.9 Å². The predicted molar refractivity (Wildman–Crippen MR) is 78.0 cm³/mol. The molecule has 0 bridgehead atoms. The van der Waals surface area contributed by atoms with E-state index in [9.17, 15) is 9.59 Å². The first-order valence-electron chi connectivity index (χ1n) is 6.43. The van der Waals surface area contributed by atoms with Gasteiger partial charge in [-0.15, -0.1) is 0 Å². The second kappa shape index (κ2) is 5.01. The molecule has 1 aliphatic carbocycles. The van der Waals surface area contributed by atoms with Crippen LogP contribution in [0.15, 0.2) is 36.4 Å². The third-order valence-corrected chi connectivity index (χ3v) is 3.72. The minimum Gasteiger partial charge on any atom is -0.290 e. The van der Waals surface area contributed by atoms with E-state index in [4.69, 9.17) is 11.7 Å². The van der Waals surface area contributed by atoms with Crippen molar-refractivity contribution in [2.24, 2.45) is 11.7 Å². The van der Waals surface area contributed by atoms with E-state index in [1.54, 1.807) is 6.07 Å². The molecule has 0 unspecified atom stereocenters. The molecule has 0 aromatic heterocycles. The number of hydrogen-bond acceptors (Lipinski definition) is 4. The van der Waals surface area contributed by atoms with Crippen molar-refractivity contribution in [2.45, 2.75) is 6.42 Å². The molecule has 2 aromatic rings. The molecule has 0 saturated heterocycles. The molecule has 0 saturated carbocycles. The molecular formula is C15H14N4O2. The Kier molecular flexibility index (Phi) is 3.17. The number of hydrogen-bond donors (Lipinski definition) is 4. The van der Waals surface area contributed by atoms with E-state index >= 15 is 0 Å². The van der Waals surface area contributed by atoms with Crippen LogP contribution in [0.4, 0.5) is 0 Å². The van der Waals surface area contributed by atoms with Crippen LogP contribution in [0.1, 0.15) is 31.8 Å². The van der Waals surface area contributed by atoms with E-state index in [1.165, 1.54) is 0 Å². The molecule has 6 nitrogen and oxygen atoms in total. The predicted octanol–water partition coefficient (Wildman–Crippen LogP) is 0.465. The highest BCUT2D eigenvalue weighted by Crippen LogP contribution is 2.39. The quantitative estimate of drug-likeness (QED) is 0.311. The molecule has 2 aromatic carbocycles. The van der Waals surface area contributed by atoms with Gasteiger partial charge in [0.1, 0.15) is 0 Å². The number of benzene rings is 2. The Bertz CT molecular complexity index is 755. The lowest BCUT2D eigenvalue weighted by molar-refractivity contribution is 0.0919. The maximum atomic E-state index is 12.1. The Balaban J connectivity index is 2.25. The molecule has 0 spiro atoms. The number of nitrogens with one attached hydrogen (secondary N) is 2. The summed E-state index contributed by atoms with van der Waals surface area (Å²) >= 11 is 0. The largest absolute Gasteiger partial charge is 0.290 e. The lowest BCUT2D eigenvalue weighted by Crippen LogP contribution is -2.36. The van der Waals surface area contributed by atoms with Crippen LogP contribution in [0.2, 0.25) is 0 Å². The zero-order valence-corrected chi connectivity index (χ0v) is 11.1. The number of amides is 2. The SMILES string of the molecule is NNC(=O)c1ccc2c(c1C(=O)NN)Cc1ccccc1-2. The van der Waals surface area contributed by atoms with Crippen molar-refractivity contribution in [1.29, 1.82) is 0 Å². The molecule has 0 fully saturated rings. The molecule has 0 aliphatic heterocycles. The van der Waals surface area contributed by atoms with Crippen molar-refractivity contribution >= 4 is 11.8 Å². The monoisotopic (exact) mass is 282 g/mol. The number of hydrazine groups is 2. The van der Waals surface area contributed by atoms with Gasteiger partial charge in [0.15, 0.2) is 0 Å². The van der Waals surface area contributed by atoms with Crippen LogP contribution in [0.25, 0.3) is 11.1 Å². The third kappa shape index (κ3) is 1.97. The Morgan fingerprint density at radius 2 is 1.62 bits per heavy atom. The van der Waals surface area contributed by atoms with E-state index < -0.39 is 11.8 Å². The Morgan fingerprint density at radius 3 is 2.33 bits per heavy atom. The van der Waals surface area contributed by atoms with Gasteiger partial charge in [0.05, 0.1) is 11.1 Å². The summed E-state index contributed by atoms with van der Waals surface area (Å²) in [6, 6.07) is 11.3. The van der Waals surface area contributed by atoms with Gasteiger partial charge < -0.3 is 0 Å². The van der Waals surface area contributed by atoms with Gasteiger partial charge in [-0.1, -0.05) is 30.3 Å². The summed E-state index contributed by atoms with van der Waals surface area (Å²) in [5.74, 6) is 9.41. The fourth-order valence-electron chi connectivity index (χ4n) is 2.81. The zero-order chi connectivity index (χ0) is 15.0. The Morgan fingerprint density at radius 1 is 0.905 bits per heavy atom. The molecule has 0 atom stereocenters. The number of carbonyl (C=O) groups excluding carboxylic acids is 2. The average molecular weight is 282 g/mol. The molecule has 2 amide bonds. The van der Waals surface area contributed by atoms with E-state index in [0.717, 1.165) is 22.3 Å². The van der Waals surface area contributed by atoms with Gasteiger partial charge in [-0.2, -0.15) is 0 Å². The topological polar surface area (TPSA) is 110 Å². The van der Waals surface area contributed by atoms with Crippen LogP contribution in [0.3, 0.4) is 0 Å². The van der Waals surface area contributed by atoms with Gasteiger partial charge in [0.2, 0.25) is 0 Å². The van der Waals surface area contributed by atoms with Crippen LogP contribution >= 0.6 is 0 Å². The standard InChI is InChI=1S/C15H14N4O2/c16-18-14(20)11-6-5-10-9-4-2-1-3-8(9)7-12(10)13(11)15(21)19-17/h1-6H,7,16-17H2,(H,18,20)(H,19,21). The molecule has 6 N–H and O–H groups in total. The smallest absolute Gasteiger partial charge is 0.266 e. The molecule has 0 heterocycles. The van der Waals surface area contributed by atoms with Crippen LogP contribution in [-0.2, 0) is 6.42 Å². The average Bonchev–Trinajstić information content (AvgIpc) is 2.91. The summed E-state index contributed by atoms with van der Waals surface area (Å²) in [7, 11) is 0. The fraction of sp³-hybridized carbons (Fsp3) is 0.0667. The minimum absolute atomic E-state index is 0.215. The lowest BCUT2D eigenvalue weighted by atomic mass is 9.95. The fourth-order valence-corrected chi connectivity index (χ4v) is 2.81. The van der Waals surface area contributed by atoms with Crippen LogP contribution in [0, 0.1) is 0 Å². The highest BCUT2D eigenvalue weighted by Gasteiger charge is 2.27. The first-order valence-corrected chi connectivity index (χ1v) is 6.43. The van der Waals surface area contributed by atoms with Crippen molar-refractivity contribution in [2.75, 3.05) is 0 Å². The molecule has 3 rings (SSSR count). The van der Waals surface area contributed by atoms with E-state index in [0.29, 0.717) is 6.42 Å². The van der Waals surface area contributed by atoms with Gasteiger partial charge in [-0.3, -0.25) is 20.4 Å². The van der Waals surface area contributed by atoms with Crippen molar-refractivity contribution in [3.05, 3.63) is 58.7 Å². The molecule has 21 heavy (non-hydrogen) atoms. The van der Waals surface area contributed by atoms with Crippen LogP contribution in [-0.4, -0.2) is 11.8 Å². The second-order valence-electron chi connectivity index (χ2n) is 4.80. The van der Waals surface area contributed by atoms with Gasteiger partial charge in [-0.05, 0) is 34.7 Å². The van der Waals surface area contributed by atoms with Crippen molar-refractivity contribution in [3.8, 4) is 11.1 Å². The number of nitrogen functional groups attached to an aromatic ring is 2. The molecule has 1 aliphatic rings. The first-order chi connectivity index (χ1) is 10.2. The first kappa shape index (κ1) is 13.3. The third-order valence-electron chi connectivity index (χ3n) is 3.72. The van der Waals surface area contributed by atoms with Gasteiger partial charge in [0.25, 0.3) is 11.8 Å². The van der Waals surface area contributed by atoms with Crippen LogP contribution < -0.4 is 22.5 Å². The summed E-state index contributed by atoms with van der Waals surface area (Å²) in [4.78, 5) is 24.0. The molecule has 6 heteroatoms. The normalized spacial score (nSPS) is 11.5. The van der Waals surface area contributed by atoms with Crippen molar-refractivity contribution in [3.63, 3.8) is 0 Å². The zero-order valence-electron chi connectivity index (χ0n) is 11.1. The number of fused-ring (bicyclic) bond motifs is 3. The maximum absolute atomic E-state index is 12.1. The maximum Gasteiger partial charge on any atom is 0.266 e. The highest BCUT2D eigenvalue weighted by atomic mass is 16.2. The van der Waals surface area contributed by atoms with Gasteiger partial charge in [-0.25, -0.2) is 11.7 Å². The minimum atomic E-state index is -0.521. The summed E-state index contributed by atoms with van der Waals surface area (Å²) in [6.07, 6.45) is 0.583. The van der Waals surface area contributed by atoms with E-state index in [1.807, 2.05) is 30.3 Å². The molecular weight excluding hydrogens is 268 g/mol. The van der Waals surface area contributed by atoms with E-state index in [-0.39, 0.29) is 11.1 Å². The Hall–Kier alpha value is -2.70. The van der Waals surface area contributed by atoms with Crippen LogP contribution in [0.5, 0.6) is 0 Å². The van der Waals surface area contributed by atoms with Crippen molar-refractivity contribution in [1.82, 2.24) is 10.9 Å². The number of rotatable bonds is 2. The van der Waals surface area contributed by atoms with Gasteiger partial charge in [0, 0.05) is 0 Å². The Labute approximate surface area is 121 Å². The lowest BCUT2D eigenvalue weighted by Gasteiger charge is -2.12. The van der Waals surface area contributed by atoms with Gasteiger partial charge >= 0.3 is 0 Å². The molecule has 0 radical (unpaired) electrons.